The maximum Gasteiger partial charge on any atom is 0.254 e. The molecule has 2 heterocycles. The van der Waals surface area contributed by atoms with Crippen LogP contribution in [-0.2, 0) is 0 Å². The molecule has 0 saturated heterocycles. The quantitative estimate of drug-likeness (QED) is 0.757. The van der Waals surface area contributed by atoms with Gasteiger partial charge in [-0.05, 0) is 50.7 Å². The Hall–Kier alpha value is -2.21. The summed E-state index contributed by atoms with van der Waals surface area (Å²) < 4.78 is 0. The van der Waals surface area contributed by atoms with E-state index in [0.29, 0.717) is 11.4 Å². The summed E-state index contributed by atoms with van der Waals surface area (Å²) in [7, 11) is 0. The van der Waals surface area contributed by atoms with Crippen molar-refractivity contribution >= 4 is 5.82 Å². The van der Waals surface area contributed by atoms with E-state index in [1.165, 1.54) is 6.42 Å². The molecule has 0 spiro atoms. The van der Waals surface area contributed by atoms with E-state index in [1.807, 2.05) is 19.1 Å². The Labute approximate surface area is 141 Å². The van der Waals surface area contributed by atoms with Crippen molar-refractivity contribution in [2.75, 3.05) is 18.5 Å². The second-order valence-corrected chi connectivity index (χ2v) is 6.74. The van der Waals surface area contributed by atoms with Crippen LogP contribution >= 0.6 is 0 Å². The van der Waals surface area contributed by atoms with E-state index >= 15 is 0 Å². The second kappa shape index (κ2) is 6.73. The average molecular weight is 328 g/mol. The number of hydrogen-bond acceptors (Lipinski definition) is 5. The second-order valence-electron chi connectivity index (χ2n) is 6.74. The van der Waals surface area contributed by atoms with Crippen molar-refractivity contribution in [3.8, 4) is 11.4 Å². The zero-order chi connectivity index (χ0) is 17.2. The molecule has 0 radical (unpaired) electrons. The third-order valence-corrected chi connectivity index (χ3v) is 5.13. The first-order valence-electron chi connectivity index (χ1n) is 8.42. The fourth-order valence-corrected chi connectivity index (χ4v) is 3.13. The van der Waals surface area contributed by atoms with Crippen molar-refractivity contribution in [1.82, 2.24) is 15.0 Å². The van der Waals surface area contributed by atoms with Crippen LogP contribution in [0.15, 0.2) is 23.1 Å². The number of aliphatic hydroxyl groups is 1. The highest BCUT2D eigenvalue weighted by Gasteiger charge is 2.36. The summed E-state index contributed by atoms with van der Waals surface area (Å²) in [5, 5.41) is 12.6. The Morgan fingerprint density at radius 3 is 2.67 bits per heavy atom. The van der Waals surface area contributed by atoms with Crippen LogP contribution in [0, 0.1) is 19.3 Å². The van der Waals surface area contributed by atoms with Gasteiger partial charge in [-0.3, -0.25) is 4.79 Å². The van der Waals surface area contributed by atoms with Crippen molar-refractivity contribution in [1.29, 1.82) is 0 Å². The lowest BCUT2D eigenvalue weighted by Gasteiger charge is -2.42. The predicted octanol–water partition coefficient (Wildman–Crippen LogP) is 2.41. The topological polar surface area (TPSA) is 90.9 Å². The number of aromatic nitrogens is 3. The largest absolute Gasteiger partial charge is 0.396 e. The van der Waals surface area contributed by atoms with Crippen LogP contribution in [0.25, 0.3) is 11.4 Å². The van der Waals surface area contributed by atoms with Crippen molar-refractivity contribution in [3.63, 3.8) is 0 Å². The van der Waals surface area contributed by atoms with Crippen LogP contribution in [0.3, 0.4) is 0 Å². The maximum absolute atomic E-state index is 11.9. The zero-order valence-electron chi connectivity index (χ0n) is 14.2. The lowest BCUT2D eigenvalue weighted by molar-refractivity contribution is 0.102. The third kappa shape index (κ3) is 3.33. The van der Waals surface area contributed by atoms with E-state index < -0.39 is 0 Å². The van der Waals surface area contributed by atoms with Gasteiger partial charge in [0.25, 0.3) is 5.56 Å². The molecule has 0 bridgehead atoms. The van der Waals surface area contributed by atoms with Gasteiger partial charge >= 0.3 is 0 Å². The van der Waals surface area contributed by atoms with E-state index in [2.05, 4.69) is 20.3 Å². The monoisotopic (exact) mass is 328 g/mol. The first-order valence-corrected chi connectivity index (χ1v) is 8.42. The Bertz CT molecular complexity index is 764. The molecule has 2 aromatic rings. The smallest absolute Gasteiger partial charge is 0.254 e. The van der Waals surface area contributed by atoms with Gasteiger partial charge in [0.05, 0.1) is 0 Å². The van der Waals surface area contributed by atoms with Gasteiger partial charge in [-0.25, -0.2) is 9.97 Å². The van der Waals surface area contributed by atoms with Gasteiger partial charge in [-0.2, -0.15) is 0 Å². The lowest BCUT2D eigenvalue weighted by Crippen LogP contribution is -2.37. The summed E-state index contributed by atoms with van der Waals surface area (Å²) in [6.45, 7) is 4.66. The number of aromatic amines is 1. The van der Waals surface area contributed by atoms with Crippen LogP contribution in [0.5, 0.6) is 0 Å². The zero-order valence-corrected chi connectivity index (χ0v) is 14.2. The minimum absolute atomic E-state index is 0.115. The van der Waals surface area contributed by atoms with E-state index in [-0.39, 0.29) is 17.6 Å². The highest BCUT2D eigenvalue weighted by Crippen LogP contribution is 2.43. The molecule has 0 atom stereocenters. The summed E-state index contributed by atoms with van der Waals surface area (Å²) in [5.74, 6) is 1.34. The number of anilines is 1. The summed E-state index contributed by atoms with van der Waals surface area (Å²) >= 11 is 0. The Balaban J connectivity index is 1.71. The lowest BCUT2D eigenvalue weighted by atomic mass is 9.67. The molecule has 0 unspecified atom stereocenters. The van der Waals surface area contributed by atoms with Crippen LogP contribution in [0.2, 0.25) is 0 Å². The predicted molar refractivity (Wildman–Crippen MR) is 94.0 cm³/mol. The molecular weight excluding hydrogens is 304 g/mol. The number of H-pyrrole nitrogens is 1. The highest BCUT2D eigenvalue weighted by atomic mass is 16.3. The van der Waals surface area contributed by atoms with Crippen LogP contribution in [0.1, 0.15) is 36.9 Å². The SMILES string of the molecule is Cc1nc(-c2ccc(NCC3(CCO)CCC3)nc2)[nH]c(=O)c1C. The van der Waals surface area contributed by atoms with Crippen LogP contribution in [-0.4, -0.2) is 33.2 Å². The molecule has 1 saturated carbocycles. The maximum atomic E-state index is 11.9. The fourth-order valence-electron chi connectivity index (χ4n) is 3.13. The third-order valence-electron chi connectivity index (χ3n) is 5.13. The van der Waals surface area contributed by atoms with Crippen LogP contribution < -0.4 is 10.9 Å². The van der Waals surface area contributed by atoms with Crippen molar-refractivity contribution in [3.05, 3.63) is 39.9 Å². The van der Waals surface area contributed by atoms with E-state index in [0.717, 1.165) is 42.9 Å². The molecule has 24 heavy (non-hydrogen) atoms. The molecule has 3 N–H and O–H groups in total. The Morgan fingerprint density at radius 1 is 1.33 bits per heavy atom. The number of nitrogens with zero attached hydrogens (tertiary/aromatic N) is 2. The fraction of sp³-hybridized carbons (Fsp3) is 0.500. The molecule has 6 heteroatoms. The molecule has 1 aliphatic rings. The van der Waals surface area contributed by atoms with Gasteiger partial charge in [-0.1, -0.05) is 6.42 Å². The van der Waals surface area contributed by atoms with Gasteiger partial charge in [-0.15, -0.1) is 0 Å². The average Bonchev–Trinajstić information content (AvgIpc) is 2.55. The normalized spacial score (nSPS) is 15.8. The van der Waals surface area contributed by atoms with Crippen molar-refractivity contribution < 1.29 is 5.11 Å². The summed E-state index contributed by atoms with van der Waals surface area (Å²) in [6, 6.07) is 3.80. The van der Waals surface area contributed by atoms with Crippen LogP contribution in [0.4, 0.5) is 5.82 Å². The first-order chi connectivity index (χ1) is 11.5. The molecule has 6 nitrogen and oxygen atoms in total. The summed E-state index contributed by atoms with van der Waals surface area (Å²) in [6.07, 6.45) is 6.11. The standard InChI is InChI=1S/C18H24N4O2/c1-12-13(2)21-16(22-17(12)24)14-4-5-15(19-10-14)20-11-18(8-9-23)6-3-7-18/h4-5,10,23H,3,6-9,11H2,1-2H3,(H,19,20)(H,21,22,24). The molecule has 3 rings (SSSR count). The minimum Gasteiger partial charge on any atom is -0.396 e. The summed E-state index contributed by atoms with van der Waals surface area (Å²) in [5.41, 5.74) is 2.26. The molecular formula is C18H24N4O2. The molecule has 0 amide bonds. The van der Waals surface area contributed by atoms with Gasteiger partial charge in [0.15, 0.2) is 0 Å². The highest BCUT2D eigenvalue weighted by molar-refractivity contribution is 5.56. The Kier molecular flexibility index (Phi) is 4.66. The molecule has 0 aromatic carbocycles. The van der Waals surface area contributed by atoms with Crippen molar-refractivity contribution in [2.45, 2.75) is 39.5 Å². The molecule has 1 aliphatic carbocycles. The minimum atomic E-state index is -0.115. The number of pyridine rings is 1. The Morgan fingerprint density at radius 2 is 2.12 bits per heavy atom. The molecule has 128 valence electrons. The number of nitrogens with one attached hydrogen (secondary N) is 2. The van der Waals surface area contributed by atoms with Gasteiger partial charge in [0.1, 0.15) is 11.6 Å². The summed E-state index contributed by atoms with van der Waals surface area (Å²) in [4.78, 5) is 23.5. The van der Waals surface area contributed by atoms with E-state index in [9.17, 15) is 9.90 Å². The first kappa shape index (κ1) is 16.6. The number of aliphatic hydroxyl groups excluding tert-OH is 1. The molecule has 2 aromatic heterocycles. The van der Waals surface area contributed by atoms with E-state index in [4.69, 9.17) is 0 Å². The van der Waals surface area contributed by atoms with Gasteiger partial charge in [0, 0.05) is 36.2 Å². The van der Waals surface area contributed by atoms with Gasteiger partial charge < -0.3 is 15.4 Å². The van der Waals surface area contributed by atoms with Gasteiger partial charge in [0.2, 0.25) is 0 Å². The number of hydrogen-bond donors (Lipinski definition) is 3. The van der Waals surface area contributed by atoms with Crippen molar-refractivity contribution in [2.24, 2.45) is 5.41 Å². The molecule has 0 aliphatic heterocycles. The number of aryl methyl sites for hydroxylation is 1. The van der Waals surface area contributed by atoms with E-state index in [1.54, 1.807) is 13.1 Å². The molecule has 1 fully saturated rings. The number of rotatable bonds is 6.